The molecule has 3 fully saturated rings. The van der Waals surface area contributed by atoms with E-state index in [4.69, 9.17) is 21.5 Å². The smallest absolute Gasteiger partial charge is 0.475 e. The number of carboxylic acid groups (broad SMARTS) is 1. The zero-order chi connectivity index (χ0) is 36.2. The standard InChI is InChI=1S/C34H45ClN4O3.C2HF3O2/c1-22-15-24(3)32(25(4)16-22)34(42)38-20-28-18-36(19-29(28)21-38)11-6-12-39(30-8-7-23(2)31(35)17-30)33(41)27-9-13-37(14-10-27)26(5)40;3-2(4,5)1(6)7/h7-8,15-17,27-29H,6,9-14,18-21H2,1-5H3;(H,6,7). The van der Waals surface area contributed by atoms with Crippen LogP contribution in [0, 0.1) is 45.4 Å². The van der Waals surface area contributed by atoms with E-state index in [2.05, 4.69) is 28.9 Å². The van der Waals surface area contributed by atoms with Gasteiger partial charge in [-0.1, -0.05) is 35.4 Å². The molecular formula is C36H46ClF3N4O5. The summed E-state index contributed by atoms with van der Waals surface area (Å²) < 4.78 is 31.7. The van der Waals surface area contributed by atoms with Crippen LogP contribution in [0.1, 0.15) is 58.8 Å². The Hall–Kier alpha value is -3.64. The van der Waals surface area contributed by atoms with Crippen LogP contribution in [0.2, 0.25) is 5.02 Å². The first-order valence-electron chi connectivity index (χ1n) is 16.7. The highest BCUT2D eigenvalue weighted by atomic mass is 35.5. The van der Waals surface area contributed by atoms with Crippen molar-refractivity contribution in [2.45, 2.75) is 60.1 Å². The lowest BCUT2D eigenvalue weighted by molar-refractivity contribution is -0.192. The topological polar surface area (TPSA) is 101 Å². The lowest BCUT2D eigenvalue weighted by atomic mass is 9.94. The van der Waals surface area contributed by atoms with E-state index in [1.165, 1.54) is 5.56 Å². The van der Waals surface area contributed by atoms with Gasteiger partial charge in [-0.25, -0.2) is 4.79 Å². The maximum absolute atomic E-state index is 13.8. The predicted molar refractivity (Wildman–Crippen MR) is 182 cm³/mol. The molecule has 3 saturated heterocycles. The maximum Gasteiger partial charge on any atom is 0.490 e. The van der Waals surface area contributed by atoms with Crippen LogP contribution >= 0.6 is 11.6 Å². The number of carboxylic acids is 1. The fourth-order valence-corrected chi connectivity index (χ4v) is 7.52. The number of hydrogen-bond acceptors (Lipinski definition) is 5. The van der Waals surface area contributed by atoms with Crippen molar-refractivity contribution in [3.63, 3.8) is 0 Å². The Morgan fingerprint density at radius 3 is 1.92 bits per heavy atom. The zero-order valence-electron chi connectivity index (χ0n) is 28.8. The first-order valence-corrected chi connectivity index (χ1v) is 17.1. The molecule has 3 aliphatic heterocycles. The van der Waals surface area contributed by atoms with Gasteiger partial charge in [0.2, 0.25) is 11.8 Å². The molecule has 0 spiro atoms. The van der Waals surface area contributed by atoms with Gasteiger partial charge >= 0.3 is 12.1 Å². The van der Waals surface area contributed by atoms with Gasteiger partial charge in [-0.05, 0) is 94.2 Å². The van der Waals surface area contributed by atoms with Crippen LogP contribution in [-0.4, -0.2) is 102 Å². The number of aliphatic carboxylic acids is 1. The number of rotatable bonds is 7. The van der Waals surface area contributed by atoms with Gasteiger partial charge in [-0.3, -0.25) is 14.4 Å². The third-order valence-electron chi connectivity index (χ3n) is 9.86. The number of alkyl halides is 3. The van der Waals surface area contributed by atoms with E-state index in [-0.39, 0.29) is 23.6 Å². The van der Waals surface area contributed by atoms with E-state index in [9.17, 15) is 27.6 Å². The normalized spacial score (nSPS) is 19.7. The third kappa shape index (κ3) is 9.54. The SMILES string of the molecule is CC(=O)N1CCC(C(=O)N(CCCN2CC3CN(C(=O)c4c(C)cc(C)cc4C)CC3C2)c2ccc(C)c(Cl)c2)CC1.O=C(O)C(F)(F)F. The number of amides is 3. The van der Waals surface area contributed by atoms with Crippen LogP contribution in [0.15, 0.2) is 30.3 Å². The number of carbonyl (C=O) groups is 4. The summed E-state index contributed by atoms with van der Waals surface area (Å²) in [5.74, 6) is -1.46. The Labute approximate surface area is 291 Å². The van der Waals surface area contributed by atoms with Gasteiger partial charge < -0.3 is 24.7 Å². The summed E-state index contributed by atoms with van der Waals surface area (Å²) in [5.41, 5.74) is 6.03. The lowest BCUT2D eigenvalue weighted by Crippen LogP contribution is -2.44. The molecule has 5 rings (SSSR count). The first-order chi connectivity index (χ1) is 23.0. The first kappa shape index (κ1) is 38.2. The van der Waals surface area contributed by atoms with Crippen molar-refractivity contribution in [2.75, 3.05) is 57.3 Å². The molecule has 3 amide bonds. The fraction of sp³-hybridized carbons (Fsp3) is 0.556. The average Bonchev–Trinajstić information content (AvgIpc) is 3.59. The van der Waals surface area contributed by atoms with E-state index in [0.717, 1.165) is 67.1 Å². The van der Waals surface area contributed by atoms with Gasteiger partial charge in [0.25, 0.3) is 5.91 Å². The minimum absolute atomic E-state index is 0.0753. The minimum atomic E-state index is -5.08. The predicted octanol–water partition coefficient (Wildman–Crippen LogP) is 5.89. The Balaban J connectivity index is 0.000000698. The molecule has 2 aromatic rings. The summed E-state index contributed by atoms with van der Waals surface area (Å²) in [4.78, 5) is 56.2. The fourth-order valence-electron chi connectivity index (χ4n) is 7.34. The van der Waals surface area contributed by atoms with Gasteiger partial charge in [0, 0.05) is 74.9 Å². The Morgan fingerprint density at radius 1 is 0.878 bits per heavy atom. The highest BCUT2D eigenvalue weighted by Gasteiger charge is 2.42. The number of hydrogen-bond donors (Lipinski definition) is 1. The second-order valence-corrected chi connectivity index (χ2v) is 14.0. The Bertz CT molecular complexity index is 1520. The van der Waals surface area contributed by atoms with Crippen molar-refractivity contribution >= 4 is 41.0 Å². The average molecular weight is 707 g/mol. The van der Waals surface area contributed by atoms with Crippen LogP contribution in [0.5, 0.6) is 0 Å². The van der Waals surface area contributed by atoms with Crippen LogP contribution in [0.4, 0.5) is 18.9 Å². The molecule has 0 aromatic heterocycles. The van der Waals surface area contributed by atoms with E-state index in [1.54, 1.807) is 6.92 Å². The third-order valence-corrected chi connectivity index (χ3v) is 10.3. The molecule has 2 atom stereocenters. The monoisotopic (exact) mass is 706 g/mol. The number of anilines is 1. The van der Waals surface area contributed by atoms with E-state index in [1.807, 2.05) is 48.8 Å². The number of aryl methyl sites for hydroxylation is 4. The summed E-state index contributed by atoms with van der Waals surface area (Å²) in [6.45, 7) is 16.2. The molecule has 0 aliphatic carbocycles. The number of halogens is 4. The van der Waals surface area contributed by atoms with E-state index >= 15 is 0 Å². The molecule has 268 valence electrons. The van der Waals surface area contributed by atoms with Gasteiger partial charge in [-0.2, -0.15) is 13.2 Å². The zero-order valence-corrected chi connectivity index (χ0v) is 29.5. The Morgan fingerprint density at radius 2 is 1.43 bits per heavy atom. The number of piperidine rings is 1. The van der Waals surface area contributed by atoms with Gasteiger partial charge in [0.1, 0.15) is 0 Å². The molecule has 49 heavy (non-hydrogen) atoms. The molecule has 2 aromatic carbocycles. The van der Waals surface area contributed by atoms with Gasteiger partial charge in [0.05, 0.1) is 0 Å². The molecule has 0 radical (unpaired) electrons. The van der Waals surface area contributed by atoms with Crippen molar-refractivity contribution in [3.8, 4) is 0 Å². The summed E-state index contributed by atoms with van der Waals surface area (Å²) in [6, 6.07) is 10.1. The summed E-state index contributed by atoms with van der Waals surface area (Å²) in [5, 5.41) is 7.79. The van der Waals surface area contributed by atoms with Crippen molar-refractivity contribution in [2.24, 2.45) is 17.8 Å². The molecule has 2 unspecified atom stereocenters. The van der Waals surface area contributed by atoms with Crippen molar-refractivity contribution < 1.29 is 37.5 Å². The van der Waals surface area contributed by atoms with Crippen LogP contribution in [0.25, 0.3) is 0 Å². The number of carbonyl (C=O) groups excluding carboxylic acids is 3. The maximum atomic E-state index is 13.8. The molecule has 3 heterocycles. The summed E-state index contributed by atoms with van der Waals surface area (Å²) in [7, 11) is 0. The molecule has 13 heteroatoms. The molecule has 9 nitrogen and oxygen atoms in total. The Kier molecular flexibility index (Phi) is 12.4. The number of likely N-dealkylation sites (tertiary alicyclic amines) is 3. The van der Waals surface area contributed by atoms with Crippen LogP contribution < -0.4 is 4.90 Å². The highest BCUT2D eigenvalue weighted by Crippen LogP contribution is 2.33. The molecule has 3 aliphatic rings. The molecular weight excluding hydrogens is 661 g/mol. The largest absolute Gasteiger partial charge is 0.490 e. The quantitative estimate of drug-likeness (QED) is 0.386. The van der Waals surface area contributed by atoms with E-state index in [0.29, 0.717) is 49.3 Å². The number of nitrogens with zero attached hydrogens (tertiary/aromatic N) is 4. The van der Waals surface area contributed by atoms with Crippen molar-refractivity contribution in [3.05, 3.63) is 63.2 Å². The van der Waals surface area contributed by atoms with Crippen molar-refractivity contribution in [1.82, 2.24) is 14.7 Å². The highest BCUT2D eigenvalue weighted by molar-refractivity contribution is 6.31. The molecule has 0 saturated carbocycles. The van der Waals surface area contributed by atoms with E-state index < -0.39 is 12.1 Å². The lowest BCUT2D eigenvalue weighted by Gasteiger charge is -2.34. The van der Waals surface area contributed by atoms with Crippen LogP contribution in [0.3, 0.4) is 0 Å². The minimum Gasteiger partial charge on any atom is -0.475 e. The van der Waals surface area contributed by atoms with Crippen molar-refractivity contribution in [1.29, 1.82) is 0 Å². The second kappa shape index (κ2) is 15.9. The van der Waals surface area contributed by atoms with Gasteiger partial charge in [-0.15, -0.1) is 0 Å². The number of benzene rings is 2. The number of fused-ring (bicyclic) bond motifs is 1. The second-order valence-electron chi connectivity index (χ2n) is 13.6. The van der Waals surface area contributed by atoms with Gasteiger partial charge in [0.15, 0.2) is 0 Å². The summed E-state index contributed by atoms with van der Waals surface area (Å²) >= 11 is 6.47. The summed E-state index contributed by atoms with van der Waals surface area (Å²) in [6.07, 6.45) is -2.82. The molecule has 1 N–H and O–H groups in total. The van der Waals surface area contributed by atoms with Crippen LogP contribution in [-0.2, 0) is 14.4 Å². The molecule has 0 bridgehead atoms.